The lowest BCUT2D eigenvalue weighted by molar-refractivity contribution is 0.0962. The number of halogens is 1. The maximum absolute atomic E-state index is 12.5. The summed E-state index contributed by atoms with van der Waals surface area (Å²) in [4.78, 5) is 12.5. The molecule has 0 saturated heterocycles. The Kier molecular flexibility index (Phi) is 4.10. The average Bonchev–Trinajstić information content (AvgIpc) is 3.35. The standard InChI is InChI=1S/C19H13ClN3O3/c1-11-14(9-17(26-11)12-4-6-13(20)7-5-12)19(24)21-18-10-15(22-23-18)16-3-2-8-25-16/h2-10H,1H3,(H,21,24). The number of benzene rings is 1. The molecule has 1 aliphatic rings. The highest BCUT2D eigenvalue weighted by Crippen LogP contribution is 2.26. The molecular formula is C19H13ClN3O3. The minimum atomic E-state index is -0.322. The van der Waals surface area contributed by atoms with Crippen molar-refractivity contribution in [3.05, 3.63) is 82.7 Å². The largest absolute Gasteiger partial charge is 0.463 e. The first-order chi connectivity index (χ1) is 12.6. The van der Waals surface area contributed by atoms with Crippen molar-refractivity contribution in [3.8, 4) is 11.3 Å². The highest BCUT2D eigenvalue weighted by Gasteiger charge is 2.20. The second-order valence-corrected chi connectivity index (χ2v) is 6.07. The predicted molar refractivity (Wildman–Crippen MR) is 96.8 cm³/mol. The summed E-state index contributed by atoms with van der Waals surface area (Å²) < 4.78 is 11.0. The highest BCUT2D eigenvalue weighted by atomic mass is 35.5. The van der Waals surface area contributed by atoms with Gasteiger partial charge in [0.1, 0.15) is 17.2 Å². The fourth-order valence-corrected chi connectivity index (χ4v) is 2.67. The van der Waals surface area contributed by atoms with Crippen LogP contribution in [-0.2, 0) is 0 Å². The van der Waals surface area contributed by atoms with E-state index >= 15 is 0 Å². The molecule has 26 heavy (non-hydrogen) atoms. The molecule has 1 aliphatic heterocycles. The Hall–Kier alpha value is -3.25. The Morgan fingerprint density at radius 2 is 1.96 bits per heavy atom. The Bertz CT molecular complexity index is 1010. The molecule has 0 bridgehead atoms. The number of hydrogen-bond donors (Lipinski definition) is 1. The van der Waals surface area contributed by atoms with E-state index in [0.29, 0.717) is 39.4 Å². The molecule has 2 aromatic heterocycles. The zero-order valence-electron chi connectivity index (χ0n) is 13.7. The van der Waals surface area contributed by atoms with Gasteiger partial charge in [-0.25, -0.2) is 0 Å². The number of amides is 1. The number of nitrogens with zero attached hydrogens (tertiary/aromatic N) is 2. The zero-order chi connectivity index (χ0) is 18.1. The molecule has 0 atom stereocenters. The molecule has 0 saturated carbocycles. The molecule has 0 spiro atoms. The van der Waals surface area contributed by atoms with Gasteiger partial charge >= 0.3 is 0 Å². The van der Waals surface area contributed by atoms with E-state index in [0.717, 1.165) is 5.56 Å². The minimum Gasteiger partial charge on any atom is -0.463 e. The van der Waals surface area contributed by atoms with Gasteiger partial charge in [0.2, 0.25) is 0 Å². The van der Waals surface area contributed by atoms with Crippen molar-refractivity contribution in [1.82, 2.24) is 10.7 Å². The summed E-state index contributed by atoms with van der Waals surface area (Å²) in [5.41, 5.74) is 5.77. The van der Waals surface area contributed by atoms with Crippen LogP contribution in [0.1, 0.15) is 21.9 Å². The molecule has 1 amide bonds. The third-order valence-corrected chi connectivity index (χ3v) is 4.10. The van der Waals surface area contributed by atoms with Gasteiger partial charge in [0.25, 0.3) is 5.91 Å². The van der Waals surface area contributed by atoms with Crippen molar-refractivity contribution in [2.75, 3.05) is 0 Å². The van der Waals surface area contributed by atoms with Crippen molar-refractivity contribution in [2.24, 2.45) is 5.10 Å². The lowest BCUT2D eigenvalue weighted by atomic mass is 10.1. The predicted octanol–water partition coefficient (Wildman–Crippen LogP) is 4.09. The van der Waals surface area contributed by atoms with Gasteiger partial charge in [-0.15, -0.1) is 10.5 Å². The van der Waals surface area contributed by atoms with E-state index in [1.54, 1.807) is 49.6 Å². The molecular weight excluding hydrogens is 354 g/mol. The summed E-state index contributed by atoms with van der Waals surface area (Å²) in [6.07, 6.45) is 3.20. The summed E-state index contributed by atoms with van der Waals surface area (Å²) in [6, 6.07) is 12.4. The van der Waals surface area contributed by atoms with Gasteiger partial charge in [0, 0.05) is 16.7 Å². The van der Waals surface area contributed by atoms with Gasteiger partial charge in [-0.3, -0.25) is 4.79 Å². The topological polar surface area (TPSA) is 81.8 Å². The molecule has 1 aromatic carbocycles. The van der Waals surface area contributed by atoms with E-state index in [2.05, 4.69) is 15.8 Å². The normalized spacial score (nSPS) is 13.2. The van der Waals surface area contributed by atoms with Crippen molar-refractivity contribution in [3.63, 3.8) is 0 Å². The number of carbonyl (C=O) groups excluding carboxylic acids is 1. The number of allylic oxidation sites excluding steroid dienone is 1. The van der Waals surface area contributed by atoms with Crippen molar-refractivity contribution in [2.45, 2.75) is 6.92 Å². The van der Waals surface area contributed by atoms with Crippen LogP contribution in [0.3, 0.4) is 0 Å². The van der Waals surface area contributed by atoms with Crippen LogP contribution in [0.5, 0.6) is 0 Å². The number of furan rings is 2. The molecule has 0 unspecified atom stereocenters. The van der Waals surface area contributed by atoms with Crippen molar-refractivity contribution >= 4 is 23.2 Å². The van der Waals surface area contributed by atoms with E-state index < -0.39 is 0 Å². The van der Waals surface area contributed by atoms with Crippen LogP contribution in [-0.4, -0.2) is 11.6 Å². The van der Waals surface area contributed by atoms with Gasteiger partial charge in [0.05, 0.1) is 11.8 Å². The van der Waals surface area contributed by atoms with Gasteiger partial charge in [0.15, 0.2) is 11.6 Å². The van der Waals surface area contributed by atoms with Crippen molar-refractivity contribution in [1.29, 1.82) is 0 Å². The quantitative estimate of drug-likeness (QED) is 0.754. The second-order valence-electron chi connectivity index (χ2n) is 5.63. The SMILES string of the molecule is Cc1oc(-c2ccc(Cl)cc2)cc1C(=O)NC1=CC(c2ccco2)=N[N]1. The van der Waals surface area contributed by atoms with Crippen molar-refractivity contribution < 1.29 is 13.6 Å². The number of hydrogen-bond acceptors (Lipinski definition) is 4. The van der Waals surface area contributed by atoms with Gasteiger partial charge < -0.3 is 14.2 Å². The first-order valence-electron chi connectivity index (χ1n) is 7.82. The Labute approximate surface area is 154 Å². The van der Waals surface area contributed by atoms with Crippen LogP contribution >= 0.6 is 11.6 Å². The summed E-state index contributed by atoms with van der Waals surface area (Å²) in [6.45, 7) is 1.74. The van der Waals surface area contributed by atoms with Crippen LogP contribution in [0, 0.1) is 6.92 Å². The van der Waals surface area contributed by atoms with Gasteiger partial charge in [-0.1, -0.05) is 11.6 Å². The molecule has 1 N–H and O–H groups in total. The number of nitrogens with one attached hydrogen (secondary N) is 1. The first kappa shape index (κ1) is 16.2. The van der Waals surface area contributed by atoms with Crippen LogP contribution in [0.15, 0.2) is 74.6 Å². The third kappa shape index (κ3) is 3.14. The molecule has 4 rings (SSSR count). The fraction of sp³-hybridized carbons (Fsp3) is 0.0526. The van der Waals surface area contributed by atoms with E-state index in [9.17, 15) is 4.79 Å². The van der Waals surface area contributed by atoms with E-state index in [1.807, 2.05) is 12.1 Å². The summed E-state index contributed by atoms with van der Waals surface area (Å²) in [5, 5.41) is 7.35. The lowest BCUT2D eigenvalue weighted by Gasteiger charge is -2.01. The smallest absolute Gasteiger partial charge is 0.260 e. The lowest BCUT2D eigenvalue weighted by Crippen LogP contribution is -2.25. The third-order valence-electron chi connectivity index (χ3n) is 3.85. The molecule has 7 heteroatoms. The monoisotopic (exact) mass is 366 g/mol. The maximum atomic E-state index is 12.5. The van der Waals surface area contributed by atoms with Crippen LogP contribution in [0.25, 0.3) is 11.3 Å². The minimum absolute atomic E-state index is 0.322. The number of carbonyl (C=O) groups is 1. The Morgan fingerprint density at radius 1 is 1.15 bits per heavy atom. The second kappa shape index (κ2) is 6.57. The molecule has 3 aromatic rings. The fourth-order valence-electron chi connectivity index (χ4n) is 2.55. The van der Waals surface area contributed by atoms with E-state index in [4.69, 9.17) is 20.4 Å². The molecule has 1 radical (unpaired) electrons. The maximum Gasteiger partial charge on any atom is 0.260 e. The molecule has 0 aliphatic carbocycles. The number of rotatable bonds is 4. The highest BCUT2D eigenvalue weighted by molar-refractivity contribution is 6.30. The summed E-state index contributed by atoms with van der Waals surface area (Å²) >= 11 is 5.90. The average molecular weight is 367 g/mol. The molecule has 6 nitrogen and oxygen atoms in total. The zero-order valence-corrected chi connectivity index (χ0v) is 14.4. The first-order valence-corrected chi connectivity index (χ1v) is 8.20. The molecule has 3 heterocycles. The van der Waals surface area contributed by atoms with Crippen LogP contribution in [0.4, 0.5) is 0 Å². The van der Waals surface area contributed by atoms with E-state index in [1.165, 1.54) is 0 Å². The Balaban J connectivity index is 1.51. The van der Waals surface area contributed by atoms with Crippen LogP contribution in [0.2, 0.25) is 5.02 Å². The van der Waals surface area contributed by atoms with Crippen LogP contribution < -0.4 is 10.7 Å². The van der Waals surface area contributed by atoms with E-state index in [-0.39, 0.29) is 5.91 Å². The molecule has 0 fully saturated rings. The van der Waals surface area contributed by atoms with Gasteiger partial charge in [-0.2, -0.15) is 0 Å². The summed E-state index contributed by atoms with van der Waals surface area (Å²) in [5.74, 6) is 1.71. The summed E-state index contributed by atoms with van der Waals surface area (Å²) in [7, 11) is 0. The molecule has 129 valence electrons. The Morgan fingerprint density at radius 3 is 2.69 bits per heavy atom. The number of aryl methyl sites for hydroxylation is 1. The van der Waals surface area contributed by atoms with Gasteiger partial charge in [-0.05, 0) is 49.4 Å².